The Labute approximate surface area is 81.9 Å². The second kappa shape index (κ2) is 4.16. The summed E-state index contributed by atoms with van der Waals surface area (Å²) in [5, 5.41) is 8.85. The molecular formula is C9H9ClN2O. The van der Waals surface area contributed by atoms with Gasteiger partial charge in [-0.25, -0.2) is 0 Å². The maximum Gasteiger partial charge on any atom is 0.0890 e. The Bertz CT molecular complexity index is 405. The van der Waals surface area contributed by atoms with E-state index in [0.717, 1.165) is 16.6 Å². The number of halogens is 1. The molecule has 4 heteroatoms. The van der Waals surface area contributed by atoms with E-state index in [1.54, 1.807) is 12.4 Å². The number of aliphatic hydroxyl groups excluding tert-OH is 1. The van der Waals surface area contributed by atoms with E-state index < -0.39 is 0 Å². The van der Waals surface area contributed by atoms with Crippen LogP contribution in [0.1, 0.15) is 5.56 Å². The van der Waals surface area contributed by atoms with Crippen molar-refractivity contribution in [2.75, 3.05) is 0 Å². The first-order chi connectivity index (χ1) is 5.90. The molecular weight excluding hydrogens is 188 g/mol. The SMILES string of the molecule is Cl.OCc1ccc2nccnc2c1. The Morgan fingerprint density at radius 1 is 1.08 bits per heavy atom. The summed E-state index contributed by atoms with van der Waals surface area (Å²) in [6.45, 7) is 0.0481. The predicted octanol–water partition coefficient (Wildman–Crippen LogP) is 1.54. The lowest BCUT2D eigenvalue weighted by Crippen LogP contribution is -1.86. The zero-order chi connectivity index (χ0) is 8.39. The molecule has 0 fully saturated rings. The summed E-state index contributed by atoms with van der Waals surface area (Å²) < 4.78 is 0. The molecule has 0 aliphatic heterocycles. The quantitative estimate of drug-likeness (QED) is 0.753. The molecule has 13 heavy (non-hydrogen) atoms. The monoisotopic (exact) mass is 196 g/mol. The Morgan fingerprint density at radius 2 is 1.77 bits per heavy atom. The molecule has 68 valence electrons. The summed E-state index contributed by atoms with van der Waals surface area (Å²) >= 11 is 0. The minimum atomic E-state index is 0. The van der Waals surface area contributed by atoms with E-state index in [1.165, 1.54) is 0 Å². The highest BCUT2D eigenvalue weighted by atomic mass is 35.5. The van der Waals surface area contributed by atoms with Gasteiger partial charge in [0, 0.05) is 12.4 Å². The molecule has 0 spiro atoms. The lowest BCUT2D eigenvalue weighted by Gasteiger charge is -1.97. The average molecular weight is 197 g/mol. The van der Waals surface area contributed by atoms with Crippen molar-refractivity contribution in [1.82, 2.24) is 9.97 Å². The van der Waals surface area contributed by atoms with Crippen LogP contribution in [0.2, 0.25) is 0 Å². The molecule has 0 amide bonds. The number of rotatable bonds is 1. The summed E-state index contributed by atoms with van der Waals surface area (Å²) in [4.78, 5) is 8.23. The van der Waals surface area contributed by atoms with Gasteiger partial charge in [0.05, 0.1) is 17.6 Å². The smallest absolute Gasteiger partial charge is 0.0890 e. The van der Waals surface area contributed by atoms with Crippen LogP contribution >= 0.6 is 12.4 Å². The van der Waals surface area contributed by atoms with Gasteiger partial charge in [-0.15, -0.1) is 12.4 Å². The molecule has 1 N–H and O–H groups in total. The van der Waals surface area contributed by atoms with Crippen molar-refractivity contribution in [1.29, 1.82) is 0 Å². The van der Waals surface area contributed by atoms with Crippen molar-refractivity contribution in [3.05, 3.63) is 36.2 Å². The van der Waals surface area contributed by atoms with Crippen molar-refractivity contribution >= 4 is 23.4 Å². The predicted molar refractivity (Wildman–Crippen MR) is 52.7 cm³/mol. The molecule has 0 saturated carbocycles. The van der Waals surface area contributed by atoms with Crippen molar-refractivity contribution in [3.63, 3.8) is 0 Å². The molecule has 0 atom stereocenters. The first kappa shape index (κ1) is 9.89. The third kappa shape index (κ3) is 1.94. The molecule has 0 radical (unpaired) electrons. The van der Waals surface area contributed by atoms with Crippen molar-refractivity contribution in [3.8, 4) is 0 Å². The Morgan fingerprint density at radius 3 is 2.46 bits per heavy atom. The lowest BCUT2D eigenvalue weighted by molar-refractivity contribution is 0.282. The van der Waals surface area contributed by atoms with Gasteiger partial charge in [0.25, 0.3) is 0 Å². The minimum absolute atomic E-state index is 0. The fourth-order valence-electron chi connectivity index (χ4n) is 1.11. The van der Waals surface area contributed by atoms with Crippen LogP contribution in [0.3, 0.4) is 0 Å². The zero-order valence-electron chi connectivity index (χ0n) is 6.84. The normalized spacial score (nSPS) is 9.62. The van der Waals surface area contributed by atoms with Crippen LogP contribution in [-0.4, -0.2) is 15.1 Å². The van der Waals surface area contributed by atoms with Gasteiger partial charge in [-0.1, -0.05) is 6.07 Å². The molecule has 2 rings (SSSR count). The highest BCUT2D eigenvalue weighted by Gasteiger charge is 1.95. The third-order valence-corrected chi connectivity index (χ3v) is 1.72. The minimum Gasteiger partial charge on any atom is -0.392 e. The van der Waals surface area contributed by atoms with Crippen LogP contribution in [0.15, 0.2) is 30.6 Å². The third-order valence-electron chi connectivity index (χ3n) is 1.72. The van der Waals surface area contributed by atoms with E-state index in [-0.39, 0.29) is 19.0 Å². The molecule has 1 heterocycles. The number of benzene rings is 1. The van der Waals surface area contributed by atoms with E-state index in [9.17, 15) is 0 Å². The number of hydrogen-bond acceptors (Lipinski definition) is 3. The van der Waals surface area contributed by atoms with Gasteiger partial charge >= 0.3 is 0 Å². The largest absolute Gasteiger partial charge is 0.392 e. The zero-order valence-corrected chi connectivity index (χ0v) is 7.66. The van der Waals surface area contributed by atoms with Gasteiger partial charge < -0.3 is 5.11 Å². The van der Waals surface area contributed by atoms with E-state index in [1.807, 2.05) is 18.2 Å². The summed E-state index contributed by atoms with van der Waals surface area (Å²) in [5.41, 5.74) is 2.54. The standard InChI is InChI=1S/C9H8N2O.ClH/c12-6-7-1-2-8-9(5-7)11-4-3-10-8;/h1-5,12H,6H2;1H. The molecule has 0 bridgehead atoms. The van der Waals surface area contributed by atoms with Gasteiger partial charge in [-0.05, 0) is 17.7 Å². The fraction of sp³-hybridized carbons (Fsp3) is 0.111. The molecule has 2 aromatic rings. The lowest BCUT2D eigenvalue weighted by atomic mass is 10.2. The van der Waals surface area contributed by atoms with E-state index >= 15 is 0 Å². The van der Waals surface area contributed by atoms with Crippen LogP contribution in [0.25, 0.3) is 11.0 Å². The number of aromatic nitrogens is 2. The maximum atomic E-state index is 8.85. The number of nitrogens with zero attached hydrogens (tertiary/aromatic N) is 2. The van der Waals surface area contributed by atoms with Crippen LogP contribution in [0.5, 0.6) is 0 Å². The van der Waals surface area contributed by atoms with Crippen LogP contribution in [0.4, 0.5) is 0 Å². The first-order valence-corrected chi connectivity index (χ1v) is 3.70. The molecule has 0 aliphatic carbocycles. The van der Waals surface area contributed by atoms with E-state index in [2.05, 4.69) is 9.97 Å². The Balaban J connectivity index is 0.000000845. The van der Waals surface area contributed by atoms with Crippen molar-refractivity contribution in [2.24, 2.45) is 0 Å². The first-order valence-electron chi connectivity index (χ1n) is 3.70. The summed E-state index contributed by atoms with van der Waals surface area (Å²) in [6.07, 6.45) is 3.30. The van der Waals surface area contributed by atoms with Gasteiger partial charge in [0.1, 0.15) is 0 Å². The fourth-order valence-corrected chi connectivity index (χ4v) is 1.11. The topological polar surface area (TPSA) is 46.0 Å². The summed E-state index contributed by atoms with van der Waals surface area (Å²) in [6, 6.07) is 5.53. The Kier molecular flexibility index (Phi) is 3.17. The molecule has 1 aromatic heterocycles. The highest BCUT2D eigenvalue weighted by molar-refractivity contribution is 5.85. The molecule has 0 aliphatic rings. The number of hydrogen-bond donors (Lipinski definition) is 1. The maximum absolute atomic E-state index is 8.85. The second-order valence-electron chi connectivity index (χ2n) is 2.54. The molecule has 0 unspecified atom stereocenters. The van der Waals surface area contributed by atoms with Gasteiger partial charge in [-0.2, -0.15) is 0 Å². The summed E-state index contributed by atoms with van der Waals surface area (Å²) in [5.74, 6) is 0. The van der Waals surface area contributed by atoms with Gasteiger partial charge in [0.2, 0.25) is 0 Å². The average Bonchev–Trinajstić information content (AvgIpc) is 2.17. The number of aliphatic hydroxyl groups is 1. The highest BCUT2D eigenvalue weighted by Crippen LogP contribution is 2.10. The molecule has 0 saturated heterocycles. The summed E-state index contributed by atoms with van der Waals surface area (Å²) in [7, 11) is 0. The van der Waals surface area contributed by atoms with Gasteiger partial charge in [0.15, 0.2) is 0 Å². The van der Waals surface area contributed by atoms with Crippen molar-refractivity contribution < 1.29 is 5.11 Å². The molecule has 1 aromatic carbocycles. The second-order valence-corrected chi connectivity index (χ2v) is 2.54. The Hall–Kier alpha value is -1.19. The van der Waals surface area contributed by atoms with E-state index in [0.29, 0.717) is 0 Å². The van der Waals surface area contributed by atoms with Crippen LogP contribution in [0, 0.1) is 0 Å². The molecule has 3 nitrogen and oxygen atoms in total. The van der Waals surface area contributed by atoms with Gasteiger partial charge in [-0.3, -0.25) is 9.97 Å². The van der Waals surface area contributed by atoms with Crippen LogP contribution in [-0.2, 0) is 6.61 Å². The van der Waals surface area contributed by atoms with Crippen LogP contribution < -0.4 is 0 Å². The van der Waals surface area contributed by atoms with E-state index in [4.69, 9.17) is 5.11 Å². The number of fused-ring (bicyclic) bond motifs is 1. The van der Waals surface area contributed by atoms with Crippen molar-refractivity contribution in [2.45, 2.75) is 6.61 Å².